The van der Waals surface area contributed by atoms with Crippen molar-refractivity contribution in [3.8, 4) is 0 Å². The van der Waals surface area contributed by atoms with Crippen LogP contribution in [0.1, 0.15) is 168 Å². The van der Waals surface area contributed by atoms with Gasteiger partial charge in [-0.15, -0.1) is 0 Å². The van der Waals surface area contributed by atoms with Gasteiger partial charge >= 0.3 is 113 Å². The SMILES string of the molecule is CCCCCCCCCCCCC(C(=O)[O-])C(O)(CC(=O)[O-])C(=O)[O-].CCCCCCCCCCCCC(C(=O)[O-])C(O)(CC(=O)[O-])C(=O)[O-].[Ca+2].[Ca+2].[Ca+2]. The minimum atomic E-state index is -3.02. The molecule has 4 atom stereocenters. The quantitative estimate of drug-likeness (QED) is 0.0521. The molecule has 0 aliphatic carbocycles. The van der Waals surface area contributed by atoms with Crippen molar-refractivity contribution in [2.24, 2.45) is 11.8 Å². The Morgan fingerprint density at radius 3 is 0.792 bits per heavy atom. The maximum Gasteiger partial charge on any atom is 2.00 e. The predicted octanol–water partition coefficient (Wildman–Crippen LogP) is -2.57. The molecule has 0 heterocycles. The summed E-state index contributed by atoms with van der Waals surface area (Å²) in [6.45, 7) is 4.32. The van der Waals surface area contributed by atoms with Crippen LogP contribution in [0.3, 0.4) is 0 Å². The second-order valence-corrected chi connectivity index (χ2v) is 13.2. The van der Waals surface area contributed by atoms with Crippen molar-refractivity contribution in [2.45, 2.75) is 179 Å². The van der Waals surface area contributed by atoms with Gasteiger partial charge < -0.3 is 69.6 Å². The molecule has 0 saturated heterocycles. The number of aliphatic hydroxyl groups is 2. The first-order chi connectivity index (χ1) is 23.5. The Labute approximate surface area is 404 Å². The Morgan fingerprint density at radius 1 is 0.415 bits per heavy atom. The van der Waals surface area contributed by atoms with Crippen LogP contribution in [-0.4, -0.2) is 170 Å². The molecule has 0 rings (SSSR count). The summed E-state index contributed by atoms with van der Waals surface area (Å²) in [5.74, 6) is -15.3. The molecule has 0 aliphatic heterocycles. The topological polar surface area (TPSA) is 281 Å². The summed E-state index contributed by atoms with van der Waals surface area (Å²) in [7, 11) is 0. The largest absolute Gasteiger partial charge is 2.00 e. The fourth-order valence-corrected chi connectivity index (χ4v) is 5.89. The van der Waals surface area contributed by atoms with Crippen molar-refractivity contribution >= 4 is 149 Å². The number of carbonyl (C=O) groups is 6. The Morgan fingerprint density at radius 2 is 0.623 bits per heavy atom. The molecule has 0 aromatic carbocycles. The molecular formula is C36H58Ca3O14. The Kier molecular flexibility index (Phi) is 45.0. The van der Waals surface area contributed by atoms with Gasteiger partial charge in [0.1, 0.15) is 11.2 Å². The first-order valence-corrected chi connectivity index (χ1v) is 18.2. The first-order valence-electron chi connectivity index (χ1n) is 18.2. The molecule has 292 valence electrons. The molecular weight excluding hydrogens is 777 g/mol. The van der Waals surface area contributed by atoms with E-state index in [1.165, 1.54) is 51.4 Å². The molecule has 0 aromatic heterocycles. The monoisotopic (exact) mass is 834 g/mol. The zero-order valence-corrected chi connectivity index (χ0v) is 38.7. The molecule has 0 aromatic rings. The number of hydrogen-bond donors (Lipinski definition) is 2. The van der Waals surface area contributed by atoms with Gasteiger partial charge in [-0.05, 0) is 12.8 Å². The molecule has 0 bridgehead atoms. The second kappa shape index (κ2) is 38.1. The maximum absolute atomic E-state index is 11.1. The first kappa shape index (κ1) is 62.7. The van der Waals surface area contributed by atoms with E-state index in [4.69, 9.17) is 0 Å². The van der Waals surface area contributed by atoms with Crippen molar-refractivity contribution in [2.75, 3.05) is 0 Å². The van der Waals surface area contributed by atoms with Crippen molar-refractivity contribution in [3.63, 3.8) is 0 Å². The number of carbonyl (C=O) groups excluding carboxylic acids is 6. The molecule has 0 saturated carbocycles. The molecule has 0 spiro atoms. The van der Waals surface area contributed by atoms with Gasteiger partial charge in [0.15, 0.2) is 0 Å². The van der Waals surface area contributed by atoms with Gasteiger partial charge in [-0.2, -0.15) is 0 Å². The summed E-state index contributed by atoms with van der Waals surface area (Å²) in [6, 6.07) is 0. The summed E-state index contributed by atoms with van der Waals surface area (Å²) < 4.78 is 0. The number of carboxylic acid groups (broad SMARTS) is 6. The summed E-state index contributed by atoms with van der Waals surface area (Å²) >= 11 is 0. The average molecular weight is 835 g/mol. The fourth-order valence-electron chi connectivity index (χ4n) is 5.89. The van der Waals surface area contributed by atoms with E-state index < -0.39 is 71.7 Å². The van der Waals surface area contributed by atoms with Crippen LogP contribution in [0.5, 0.6) is 0 Å². The molecule has 0 fully saturated rings. The van der Waals surface area contributed by atoms with Crippen molar-refractivity contribution in [1.82, 2.24) is 0 Å². The Bertz CT molecular complexity index is 938. The minimum Gasteiger partial charge on any atom is -0.550 e. The van der Waals surface area contributed by atoms with E-state index >= 15 is 0 Å². The number of rotatable bonds is 32. The van der Waals surface area contributed by atoms with Crippen molar-refractivity contribution < 1.29 is 69.6 Å². The fraction of sp³-hybridized carbons (Fsp3) is 0.833. The Balaban J connectivity index is -0.000000274. The van der Waals surface area contributed by atoms with Gasteiger partial charge in [0, 0.05) is 48.6 Å². The third-order valence-electron chi connectivity index (χ3n) is 8.95. The van der Waals surface area contributed by atoms with Crippen LogP contribution in [0.15, 0.2) is 0 Å². The number of carboxylic acids is 6. The van der Waals surface area contributed by atoms with E-state index in [9.17, 15) is 69.6 Å². The molecule has 0 amide bonds. The van der Waals surface area contributed by atoms with E-state index in [1.807, 2.05) is 0 Å². The van der Waals surface area contributed by atoms with Gasteiger partial charge in [-0.1, -0.05) is 142 Å². The van der Waals surface area contributed by atoms with Gasteiger partial charge in [0.05, 0.1) is 11.9 Å². The molecule has 17 heteroatoms. The van der Waals surface area contributed by atoms with E-state index in [-0.39, 0.29) is 126 Å². The summed E-state index contributed by atoms with van der Waals surface area (Å²) in [6.07, 6.45) is 17.1. The molecule has 2 N–H and O–H groups in total. The maximum atomic E-state index is 11.1. The van der Waals surface area contributed by atoms with Crippen LogP contribution < -0.4 is 30.6 Å². The van der Waals surface area contributed by atoms with E-state index in [1.54, 1.807) is 0 Å². The van der Waals surface area contributed by atoms with Crippen LogP contribution in [0.4, 0.5) is 0 Å². The van der Waals surface area contributed by atoms with Crippen LogP contribution in [0.2, 0.25) is 0 Å². The van der Waals surface area contributed by atoms with Crippen molar-refractivity contribution in [3.05, 3.63) is 0 Å². The number of hydrogen-bond acceptors (Lipinski definition) is 14. The number of aliphatic carboxylic acids is 6. The normalized spacial score (nSPS) is 13.8. The van der Waals surface area contributed by atoms with Crippen LogP contribution in [0.25, 0.3) is 0 Å². The molecule has 4 unspecified atom stereocenters. The van der Waals surface area contributed by atoms with E-state index in [0.29, 0.717) is 25.7 Å². The van der Waals surface area contributed by atoms with Gasteiger partial charge in [-0.3, -0.25) is 0 Å². The standard InChI is InChI=1S/2C18H32O7.3Ca/c2*1-2-3-4-5-6-7-8-9-10-11-12-14(16(21)22)18(25,17(23)24)13-15(19)20;;;/h2*14,25H,2-13H2,1H3,(H,19,20)(H,21,22)(H,23,24);;;/q;;3*+2/p-6. The van der Waals surface area contributed by atoms with Crippen LogP contribution in [-0.2, 0) is 28.8 Å². The zero-order chi connectivity index (χ0) is 38.6. The van der Waals surface area contributed by atoms with E-state index in [0.717, 1.165) is 51.4 Å². The number of unbranched alkanes of at least 4 members (excludes halogenated alkanes) is 18. The predicted molar refractivity (Wildman–Crippen MR) is 186 cm³/mol. The van der Waals surface area contributed by atoms with Crippen LogP contribution in [0, 0.1) is 11.8 Å². The van der Waals surface area contributed by atoms with E-state index in [2.05, 4.69) is 13.8 Å². The summed E-state index contributed by atoms with van der Waals surface area (Å²) in [4.78, 5) is 65.6. The molecule has 0 radical (unpaired) electrons. The molecule has 14 nitrogen and oxygen atoms in total. The zero-order valence-electron chi connectivity index (χ0n) is 32.0. The third-order valence-corrected chi connectivity index (χ3v) is 8.95. The molecule has 53 heavy (non-hydrogen) atoms. The van der Waals surface area contributed by atoms with Gasteiger partial charge in [-0.25, -0.2) is 0 Å². The smallest absolute Gasteiger partial charge is 0.550 e. The minimum absolute atomic E-state index is 0. The van der Waals surface area contributed by atoms with Gasteiger partial charge in [0.25, 0.3) is 0 Å². The average Bonchev–Trinajstić information content (AvgIpc) is 3.01. The Hall–Kier alpha value is 0.519. The summed E-state index contributed by atoms with van der Waals surface area (Å²) in [5.41, 5.74) is -6.03. The van der Waals surface area contributed by atoms with Gasteiger partial charge in [0.2, 0.25) is 0 Å². The van der Waals surface area contributed by atoms with Crippen LogP contribution >= 0.6 is 0 Å². The van der Waals surface area contributed by atoms with Crippen molar-refractivity contribution in [1.29, 1.82) is 0 Å². The summed E-state index contributed by atoms with van der Waals surface area (Å²) in [5, 5.41) is 85.5. The molecule has 0 aliphatic rings. The second-order valence-electron chi connectivity index (χ2n) is 13.2. The third kappa shape index (κ3) is 30.3.